The highest BCUT2D eigenvalue weighted by atomic mass is 16.5. The van der Waals surface area contributed by atoms with Crippen LogP contribution in [0.25, 0.3) is 0 Å². The van der Waals surface area contributed by atoms with Gasteiger partial charge in [-0.3, -0.25) is 24.5 Å². The number of nitrogens with zero attached hydrogens (tertiary/aromatic N) is 1. The molecule has 0 bridgehead atoms. The molecule has 2 aromatic rings. The fourth-order valence-corrected chi connectivity index (χ4v) is 3.77. The van der Waals surface area contributed by atoms with Crippen molar-refractivity contribution in [1.82, 2.24) is 15.7 Å². The van der Waals surface area contributed by atoms with Crippen LogP contribution in [0.4, 0.5) is 5.69 Å². The van der Waals surface area contributed by atoms with E-state index in [1.807, 2.05) is 24.3 Å². The summed E-state index contributed by atoms with van der Waals surface area (Å²) in [6.07, 6.45) is 2.32. The van der Waals surface area contributed by atoms with Crippen LogP contribution in [0.1, 0.15) is 47.7 Å². The number of aliphatic hydroxyl groups is 1. The van der Waals surface area contributed by atoms with E-state index in [0.717, 1.165) is 37.2 Å². The molecule has 2 atom stereocenters. The van der Waals surface area contributed by atoms with Crippen LogP contribution in [-0.2, 0) is 9.59 Å². The topological polar surface area (TPSA) is 131 Å². The molecule has 1 aliphatic rings. The Kier molecular flexibility index (Phi) is 10.2. The van der Waals surface area contributed by atoms with Crippen LogP contribution >= 0.6 is 0 Å². The number of aliphatic hydroxyl groups excluding tert-OH is 1. The van der Waals surface area contributed by atoms with Crippen LogP contribution in [0.5, 0.6) is 0 Å². The monoisotopic (exact) mass is 502 g/mol. The Morgan fingerprint density at radius 3 is 2.03 bits per heavy atom. The lowest BCUT2D eigenvalue weighted by Crippen LogP contribution is -2.51. The Bertz CT molecular complexity index is 1210. The predicted octanol–water partition coefficient (Wildman–Crippen LogP) is 1.50. The number of rotatable bonds is 7. The molecule has 0 radical (unpaired) electrons. The lowest BCUT2D eigenvalue weighted by Gasteiger charge is -2.25. The van der Waals surface area contributed by atoms with Gasteiger partial charge >= 0.3 is 0 Å². The molecular weight excluding hydrogens is 472 g/mol. The highest BCUT2D eigenvalue weighted by Crippen LogP contribution is 2.11. The zero-order valence-electron chi connectivity index (χ0n) is 20.6. The highest BCUT2D eigenvalue weighted by Gasteiger charge is 2.25. The Morgan fingerprint density at radius 1 is 0.919 bits per heavy atom. The first kappa shape index (κ1) is 27.4. The number of nitrogens with one attached hydrogen (secondary N) is 3. The molecule has 5 N–H and O–H groups in total. The van der Waals surface area contributed by atoms with Crippen LogP contribution in [0, 0.1) is 23.7 Å². The van der Waals surface area contributed by atoms with Gasteiger partial charge in [-0.15, -0.1) is 0 Å². The summed E-state index contributed by atoms with van der Waals surface area (Å²) in [5, 5.41) is 23.6. The van der Waals surface area contributed by atoms with Gasteiger partial charge in [0.1, 0.15) is 6.04 Å². The van der Waals surface area contributed by atoms with Crippen molar-refractivity contribution < 1.29 is 24.7 Å². The van der Waals surface area contributed by atoms with E-state index in [1.54, 1.807) is 12.1 Å². The van der Waals surface area contributed by atoms with E-state index in [2.05, 4.69) is 39.2 Å². The molecule has 9 nitrogen and oxygen atoms in total. The number of carbonyl (C=O) groups excluding carboxylic acids is 3. The van der Waals surface area contributed by atoms with Gasteiger partial charge < -0.3 is 15.7 Å². The molecule has 1 fully saturated rings. The van der Waals surface area contributed by atoms with Gasteiger partial charge in [0.2, 0.25) is 5.91 Å². The van der Waals surface area contributed by atoms with E-state index in [0.29, 0.717) is 12.1 Å². The number of hydrogen-bond acceptors (Lipinski definition) is 6. The molecule has 192 valence electrons. The van der Waals surface area contributed by atoms with Crippen LogP contribution in [0.3, 0.4) is 0 Å². The molecule has 0 aliphatic carbocycles. The summed E-state index contributed by atoms with van der Waals surface area (Å²) in [6, 6.07) is 12.3. The Balaban J connectivity index is 1.51. The predicted molar refractivity (Wildman–Crippen MR) is 138 cm³/mol. The second kappa shape index (κ2) is 13.8. The summed E-state index contributed by atoms with van der Waals surface area (Å²) in [5.41, 5.74) is 3.79. The normalized spacial score (nSPS) is 14.6. The summed E-state index contributed by atoms with van der Waals surface area (Å²) < 4.78 is 0. The molecule has 3 rings (SSSR count). The number of carbonyl (C=O) groups is 3. The SMILES string of the molecule is CC(O)C(NC(=O)c1ccc(C#CC#Cc2ccc(NC(=O)CN3CCCCC3)cc2)cc1)C(=O)NO. The molecule has 37 heavy (non-hydrogen) atoms. The van der Waals surface area contributed by atoms with E-state index in [9.17, 15) is 19.5 Å². The van der Waals surface area contributed by atoms with Crippen LogP contribution in [-0.4, -0.2) is 64.7 Å². The number of amides is 3. The molecule has 2 unspecified atom stereocenters. The quantitative estimate of drug-likeness (QED) is 0.222. The highest BCUT2D eigenvalue weighted by molar-refractivity contribution is 5.97. The largest absolute Gasteiger partial charge is 0.391 e. The summed E-state index contributed by atoms with van der Waals surface area (Å²) in [4.78, 5) is 38.3. The maximum Gasteiger partial charge on any atom is 0.268 e. The lowest BCUT2D eigenvalue weighted by molar-refractivity contribution is -0.133. The van der Waals surface area contributed by atoms with E-state index in [-0.39, 0.29) is 11.5 Å². The maximum atomic E-state index is 12.3. The number of likely N-dealkylation sites (tertiary alicyclic amines) is 1. The second-order valence-corrected chi connectivity index (χ2v) is 8.71. The van der Waals surface area contributed by atoms with Gasteiger partial charge in [0, 0.05) is 22.4 Å². The number of benzene rings is 2. The molecule has 0 spiro atoms. The first-order valence-corrected chi connectivity index (χ1v) is 12.0. The van der Waals surface area contributed by atoms with Gasteiger partial charge in [-0.05, 0) is 93.2 Å². The van der Waals surface area contributed by atoms with Crippen molar-refractivity contribution >= 4 is 23.4 Å². The average molecular weight is 503 g/mol. The fourth-order valence-electron chi connectivity index (χ4n) is 3.77. The minimum Gasteiger partial charge on any atom is -0.391 e. The van der Waals surface area contributed by atoms with E-state index in [1.165, 1.54) is 31.0 Å². The van der Waals surface area contributed by atoms with Gasteiger partial charge in [0.05, 0.1) is 12.6 Å². The smallest absolute Gasteiger partial charge is 0.268 e. The third-order valence-corrected chi connectivity index (χ3v) is 5.77. The Morgan fingerprint density at radius 2 is 1.49 bits per heavy atom. The summed E-state index contributed by atoms with van der Waals surface area (Å²) in [7, 11) is 0. The minimum absolute atomic E-state index is 0.0199. The van der Waals surface area contributed by atoms with Crippen molar-refractivity contribution in [2.75, 3.05) is 25.0 Å². The summed E-state index contributed by atoms with van der Waals surface area (Å²) in [6.45, 7) is 3.67. The van der Waals surface area contributed by atoms with Gasteiger partial charge in [-0.25, -0.2) is 5.48 Å². The molecule has 2 aromatic carbocycles. The second-order valence-electron chi connectivity index (χ2n) is 8.71. The van der Waals surface area contributed by atoms with Crippen molar-refractivity contribution in [2.45, 2.75) is 38.3 Å². The first-order chi connectivity index (χ1) is 17.9. The van der Waals surface area contributed by atoms with Gasteiger partial charge in [0.15, 0.2) is 0 Å². The van der Waals surface area contributed by atoms with Crippen molar-refractivity contribution in [1.29, 1.82) is 0 Å². The number of hydrogen-bond donors (Lipinski definition) is 5. The lowest BCUT2D eigenvalue weighted by atomic mass is 10.1. The molecular formula is C28H30N4O5. The van der Waals surface area contributed by atoms with Crippen LogP contribution in [0.15, 0.2) is 48.5 Å². The van der Waals surface area contributed by atoms with Crippen molar-refractivity contribution in [2.24, 2.45) is 0 Å². The number of anilines is 1. The zero-order chi connectivity index (χ0) is 26.6. The molecule has 9 heteroatoms. The number of piperidine rings is 1. The van der Waals surface area contributed by atoms with Crippen molar-refractivity contribution in [3.63, 3.8) is 0 Å². The molecule has 3 amide bonds. The molecule has 1 heterocycles. The van der Waals surface area contributed by atoms with E-state index < -0.39 is 24.0 Å². The fraction of sp³-hybridized carbons (Fsp3) is 0.321. The third kappa shape index (κ3) is 8.78. The molecule has 0 saturated carbocycles. The Labute approximate surface area is 216 Å². The molecule has 1 aliphatic heterocycles. The van der Waals surface area contributed by atoms with Gasteiger partial charge in [-0.2, -0.15) is 0 Å². The van der Waals surface area contributed by atoms with E-state index >= 15 is 0 Å². The minimum atomic E-state index is -1.29. The zero-order valence-corrected chi connectivity index (χ0v) is 20.6. The van der Waals surface area contributed by atoms with Crippen LogP contribution < -0.4 is 16.1 Å². The standard InChI is InChI=1S/C28H30N4O5/c1-20(33)26(28(36)31-37)30-27(35)23-13-9-21(10-14-23)7-3-4-8-22-11-15-24(16-12-22)29-25(34)19-32-17-5-2-6-18-32/h9-16,20,26,33,37H,2,5-6,17-19H2,1H3,(H,29,34)(H,30,35)(H,31,36). The van der Waals surface area contributed by atoms with Crippen molar-refractivity contribution in [3.05, 3.63) is 65.2 Å². The Hall–Kier alpha value is -4.15. The van der Waals surface area contributed by atoms with Crippen LogP contribution in [0.2, 0.25) is 0 Å². The third-order valence-electron chi connectivity index (χ3n) is 5.77. The van der Waals surface area contributed by atoms with Gasteiger partial charge in [0.25, 0.3) is 11.8 Å². The van der Waals surface area contributed by atoms with Gasteiger partial charge in [-0.1, -0.05) is 18.3 Å². The summed E-state index contributed by atoms with van der Waals surface area (Å²) in [5.74, 6) is 9.85. The summed E-state index contributed by atoms with van der Waals surface area (Å²) >= 11 is 0. The molecule has 1 saturated heterocycles. The first-order valence-electron chi connectivity index (χ1n) is 12.0. The molecule has 0 aromatic heterocycles. The average Bonchev–Trinajstić information content (AvgIpc) is 2.90. The van der Waals surface area contributed by atoms with E-state index in [4.69, 9.17) is 5.21 Å². The number of hydroxylamine groups is 1. The maximum absolute atomic E-state index is 12.3. The van der Waals surface area contributed by atoms with Crippen molar-refractivity contribution in [3.8, 4) is 23.7 Å².